The zero-order valence-corrected chi connectivity index (χ0v) is 14.9. The third-order valence-corrected chi connectivity index (χ3v) is 4.77. The summed E-state index contributed by atoms with van der Waals surface area (Å²) in [6, 6.07) is 12.2. The highest BCUT2D eigenvalue weighted by Gasteiger charge is 2.11. The first-order valence-corrected chi connectivity index (χ1v) is 8.63. The van der Waals surface area contributed by atoms with E-state index in [4.69, 9.17) is 9.47 Å². The van der Waals surface area contributed by atoms with Crippen LogP contribution in [0, 0.1) is 5.82 Å². The van der Waals surface area contributed by atoms with Crippen LogP contribution in [0.5, 0.6) is 11.5 Å². The van der Waals surface area contributed by atoms with Crippen LogP contribution in [0.1, 0.15) is 10.6 Å². The van der Waals surface area contributed by atoms with Crippen LogP contribution in [0.2, 0.25) is 0 Å². The summed E-state index contributed by atoms with van der Waals surface area (Å²) in [5, 5.41) is 4.30. The van der Waals surface area contributed by atoms with Crippen molar-refractivity contribution < 1.29 is 13.9 Å². The molecule has 0 aliphatic rings. The van der Waals surface area contributed by atoms with E-state index in [-0.39, 0.29) is 5.82 Å². The molecule has 1 heterocycles. The molecular weight excluding hydrogens is 339 g/mol. The minimum Gasteiger partial charge on any atom is -0.497 e. The molecule has 2 aromatic carbocycles. The highest BCUT2D eigenvalue weighted by atomic mass is 32.1. The average Bonchev–Trinajstić information content (AvgIpc) is 3.11. The highest BCUT2D eigenvalue weighted by molar-refractivity contribution is 7.15. The third-order valence-electron chi connectivity index (χ3n) is 3.74. The van der Waals surface area contributed by atoms with E-state index in [1.54, 1.807) is 37.7 Å². The predicted molar refractivity (Wildman–Crippen MR) is 97.6 cm³/mol. The fraction of sp³-hybridized carbons (Fsp3) is 0.211. The second-order valence-corrected chi connectivity index (χ2v) is 6.53. The van der Waals surface area contributed by atoms with Crippen molar-refractivity contribution in [1.29, 1.82) is 0 Å². The summed E-state index contributed by atoms with van der Waals surface area (Å²) < 4.78 is 23.6. The number of nitrogens with one attached hydrogen (secondary N) is 1. The molecule has 1 N–H and O–H groups in total. The summed E-state index contributed by atoms with van der Waals surface area (Å²) in [6.07, 6.45) is 1.84. The fourth-order valence-electron chi connectivity index (χ4n) is 2.44. The highest BCUT2D eigenvalue weighted by Crippen LogP contribution is 2.36. The molecule has 0 bridgehead atoms. The van der Waals surface area contributed by atoms with E-state index in [1.807, 2.05) is 24.4 Å². The van der Waals surface area contributed by atoms with Gasteiger partial charge in [-0.25, -0.2) is 9.37 Å². The first kappa shape index (κ1) is 17.4. The van der Waals surface area contributed by atoms with Crippen LogP contribution in [0.25, 0.3) is 10.4 Å². The van der Waals surface area contributed by atoms with Gasteiger partial charge in [-0.1, -0.05) is 12.1 Å². The van der Waals surface area contributed by atoms with Crippen LogP contribution in [0.3, 0.4) is 0 Å². The largest absolute Gasteiger partial charge is 0.497 e. The van der Waals surface area contributed by atoms with Crippen LogP contribution in [0.4, 0.5) is 4.39 Å². The maximum atomic E-state index is 12.9. The Kier molecular flexibility index (Phi) is 5.63. The van der Waals surface area contributed by atoms with E-state index in [2.05, 4.69) is 10.3 Å². The van der Waals surface area contributed by atoms with Crippen molar-refractivity contribution in [3.8, 4) is 21.9 Å². The molecule has 0 spiro atoms. The van der Waals surface area contributed by atoms with Gasteiger partial charge in [0.1, 0.15) is 22.3 Å². The smallest absolute Gasteiger partial charge is 0.127 e. The van der Waals surface area contributed by atoms with Crippen molar-refractivity contribution in [3.05, 3.63) is 65.0 Å². The number of methoxy groups -OCH3 is 2. The van der Waals surface area contributed by atoms with Crippen molar-refractivity contribution >= 4 is 11.3 Å². The van der Waals surface area contributed by atoms with Gasteiger partial charge in [0.2, 0.25) is 0 Å². The zero-order chi connectivity index (χ0) is 17.6. The number of hydrogen-bond donors (Lipinski definition) is 1. The summed E-state index contributed by atoms with van der Waals surface area (Å²) in [5.74, 6) is 1.34. The molecule has 0 fully saturated rings. The Morgan fingerprint density at radius 2 is 1.84 bits per heavy atom. The summed E-state index contributed by atoms with van der Waals surface area (Å²) in [6.45, 7) is 1.31. The summed E-state index contributed by atoms with van der Waals surface area (Å²) >= 11 is 1.60. The Morgan fingerprint density at radius 1 is 1.04 bits per heavy atom. The fourth-order valence-corrected chi connectivity index (χ4v) is 3.35. The molecule has 0 unspecified atom stereocenters. The number of hydrogen-bond acceptors (Lipinski definition) is 5. The van der Waals surface area contributed by atoms with Gasteiger partial charge in [0.05, 0.1) is 19.1 Å². The summed E-state index contributed by atoms with van der Waals surface area (Å²) in [7, 11) is 3.29. The molecule has 6 heteroatoms. The lowest BCUT2D eigenvalue weighted by Crippen LogP contribution is -2.12. The third kappa shape index (κ3) is 4.35. The van der Waals surface area contributed by atoms with Gasteiger partial charge < -0.3 is 14.8 Å². The van der Waals surface area contributed by atoms with Gasteiger partial charge >= 0.3 is 0 Å². The van der Waals surface area contributed by atoms with E-state index in [1.165, 1.54) is 12.1 Å². The second-order valence-electron chi connectivity index (χ2n) is 5.41. The minimum atomic E-state index is -0.222. The van der Waals surface area contributed by atoms with Gasteiger partial charge in [0.25, 0.3) is 0 Å². The van der Waals surface area contributed by atoms with E-state index < -0.39 is 0 Å². The van der Waals surface area contributed by atoms with E-state index >= 15 is 0 Å². The summed E-state index contributed by atoms with van der Waals surface area (Å²) in [5.41, 5.74) is 2.00. The first-order valence-electron chi connectivity index (χ1n) is 7.82. The van der Waals surface area contributed by atoms with Gasteiger partial charge in [-0.3, -0.25) is 0 Å². The molecule has 25 heavy (non-hydrogen) atoms. The van der Waals surface area contributed by atoms with Crippen LogP contribution in [-0.2, 0) is 13.1 Å². The molecule has 1 aromatic heterocycles. The van der Waals surface area contributed by atoms with E-state index in [0.717, 1.165) is 32.5 Å². The Balaban J connectivity index is 1.67. The van der Waals surface area contributed by atoms with Crippen LogP contribution in [-0.4, -0.2) is 19.2 Å². The predicted octanol–water partition coefficient (Wildman–Crippen LogP) is 4.26. The van der Waals surface area contributed by atoms with Crippen LogP contribution < -0.4 is 14.8 Å². The molecule has 0 amide bonds. The van der Waals surface area contributed by atoms with Gasteiger partial charge in [-0.05, 0) is 35.9 Å². The zero-order valence-electron chi connectivity index (χ0n) is 14.1. The van der Waals surface area contributed by atoms with Crippen molar-refractivity contribution in [2.75, 3.05) is 14.2 Å². The summed E-state index contributed by atoms with van der Waals surface area (Å²) in [4.78, 5) is 5.49. The topological polar surface area (TPSA) is 43.4 Å². The number of rotatable bonds is 7. The van der Waals surface area contributed by atoms with E-state index in [9.17, 15) is 4.39 Å². The molecule has 0 saturated carbocycles. The molecule has 0 aliphatic carbocycles. The Labute approximate surface area is 150 Å². The van der Waals surface area contributed by atoms with Gasteiger partial charge in [-0.2, -0.15) is 0 Å². The lowest BCUT2D eigenvalue weighted by Gasteiger charge is -2.08. The van der Waals surface area contributed by atoms with Gasteiger partial charge in [0, 0.05) is 24.8 Å². The number of aromatic nitrogens is 1. The lowest BCUT2D eigenvalue weighted by atomic mass is 10.1. The molecular formula is C19H19FN2O2S. The maximum absolute atomic E-state index is 12.9. The van der Waals surface area contributed by atoms with Crippen molar-refractivity contribution in [2.24, 2.45) is 0 Å². The van der Waals surface area contributed by atoms with Crippen LogP contribution >= 0.6 is 11.3 Å². The minimum absolute atomic E-state index is 0.222. The second kappa shape index (κ2) is 8.09. The Morgan fingerprint density at radius 3 is 2.56 bits per heavy atom. The molecule has 4 nitrogen and oxygen atoms in total. The number of benzene rings is 2. The number of ether oxygens (including phenoxy) is 2. The maximum Gasteiger partial charge on any atom is 0.127 e. The SMILES string of the molecule is COc1ccc(OC)c(-c2cnc(CNCc3ccc(F)cc3)s2)c1. The molecule has 0 radical (unpaired) electrons. The monoisotopic (exact) mass is 358 g/mol. The molecule has 130 valence electrons. The number of halogens is 1. The molecule has 3 aromatic rings. The Hall–Kier alpha value is -2.44. The molecule has 0 saturated heterocycles. The van der Waals surface area contributed by atoms with Crippen molar-refractivity contribution in [1.82, 2.24) is 10.3 Å². The van der Waals surface area contributed by atoms with Crippen LogP contribution in [0.15, 0.2) is 48.7 Å². The lowest BCUT2D eigenvalue weighted by molar-refractivity contribution is 0.404. The standard InChI is InChI=1S/C19H19FN2O2S/c1-23-15-7-8-17(24-2)16(9-15)18-11-22-19(25-18)12-21-10-13-3-5-14(20)6-4-13/h3-9,11,21H,10,12H2,1-2H3. The Bertz CT molecular complexity index is 834. The molecule has 3 rings (SSSR count). The molecule has 0 aliphatic heterocycles. The number of nitrogens with zero attached hydrogens (tertiary/aromatic N) is 1. The van der Waals surface area contributed by atoms with Crippen molar-refractivity contribution in [2.45, 2.75) is 13.1 Å². The van der Waals surface area contributed by atoms with E-state index in [0.29, 0.717) is 13.1 Å². The average molecular weight is 358 g/mol. The first-order chi connectivity index (χ1) is 12.2. The molecule has 0 atom stereocenters. The normalized spacial score (nSPS) is 10.7. The number of thiazole rings is 1. The van der Waals surface area contributed by atoms with Gasteiger partial charge in [0.15, 0.2) is 0 Å². The quantitative estimate of drug-likeness (QED) is 0.685. The van der Waals surface area contributed by atoms with Gasteiger partial charge in [-0.15, -0.1) is 11.3 Å². The van der Waals surface area contributed by atoms with Crippen molar-refractivity contribution in [3.63, 3.8) is 0 Å².